The average Bonchev–Trinajstić information content (AvgIpc) is 2.61. The number of amides is 2. The fourth-order valence-electron chi connectivity index (χ4n) is 2.05. The van der Waals surface area contributed by atoms with Crippen molar-refractivity contribution in [2.24, 2.45) is 0 Å². The van der Waals surface area contributed by atoms with Gasteiger partial charge in [-0.1, -0.05) is 44.2 Å². The second-order valence-corrected chi connectivity index (χ2v) is 6.18. The van der Waals surface area contributed by atoms with Crippen LogP contribution in [0, 0.1) is 0 Å². The van der Waals surface area contributed by atoms with E-state index in [0.717, 1.165) is 5.56 Å². The molecule has 0 atom stereocenters. The number of thioether (sulfide) groups is 1. The number of rotatable bonds is 4. The fraction of sp³-hybridized carbons (Fsp3) is 0.333. The number of carbonyl (C=O) groups is 2. The molecule has 0 saturated heterocycles. The van der Waals surface area contributed by atoms with Gasteiger partial charge in [-0.05, 0) is 12.5 Å². The number of imide groups is 1. The summed E-state index contributed by atoms with van der Waals surface area (Å²) in [4.78, 5) is 26.6. The van der Waals surface area contributed by atoms with Crippen LogP contribution in [-0.2, 0) is 9.59 Å². The zero-order valence-corrected chi connectivity index (χ0v) is 12.2. The van der Waals surface area contributed by atoms with E-state index in [1.54, 1.807) is 0 Å². The van der Waals surface area contributed by atoms with Gasteiger partial charge in [-0.25, -0.2) is 0 Å². The Morgan fingerprint density at radius 2 is 1.74 bits per heavy atom. The van der Waals surface area contributed by atoms with Crippen LogP contribution in [-0.4, -0.2) is 28.5 Å². The number of carbonyl (C=O) groups excluding carboxylic acids is 2. The molecule has 1 aliphatic heterocycles. The third-order valence-electron chi connectivity index (χ3n) is 2.86. The summed E-state index contributed by atoms with van der Waals surface area (Å²) >= 11 is 1.46. The molecule has 2 rings (SSSR count). The lowest BCUT2D eigenvalue weighted by molar-refractivity contribution is -0.136. The minimum Gasteiger partial charge on any atom is -0.274 e. The second kappa shape index (κ2) is 5.61. The molecule has 0 N–H and O–H groups in total. The molecule has 1 aromatic rings. The Hall–Kier alpha value is -1.55. The Bertz CT molecular complexity index is 534. The largest absolute Gasteiger partial charge is 0.274 e. The van der Waals surface area contributed by atoms with Gasteiger partial charge in [-0.2, -0.15) is 0 Å². The van der Waals surface area contributed by atoms with E-state index in [1.807, 2.05) is 51.1 Å². The molecule has 4 heteroatoms. The first-order chi connectivity index (χ1) is 9.06. The van der Waals surface area contributed by atoms with E-state index >= 15 is 0 Å². The molecule has 0 saturated carbocycles. The zero-order valence-electron chi connectivity index (χ0n) is 11.3. The lowest BCUT2D eigenvalue weighted by Gasteiger charge is -2.11. The van der Waals surface area contributed by atoms with Gasteiger partial charge in [0.2, 0.25) is 0 Å². The van der Waals surface area contributed by atoms with Gasteiger partial charge in [0.25, 0.3) is 11.8 Å². The van der Waals surface area contributed by atoms with E-state index in [4.69, 9.17) is 0 Å². The van der Waals surface area contributed by atoms with Crippen molar-refractivity contribution >= 4 is 29.1 Å². The molecule has 0 fully saturated rings. The van der Waals surface area contributed by atoms with Crippen molar-refractivity contribution in [3.63, 3.8) is 0 Å². The zero-order chi connectivity index (χ0) is 14.0. The van der Waals surface area contributed by atoms with E-state index in [2.05, 4.69) is 0 Å². The third kappa shape index (κ3) is 2.59. The molecule has 100 valence electrons. The number of nitrogens with zero attached hydrogens (tertiary/aromatic N) is 1. The van der Waals surface area contributed by atoms with Crippen molar-refractivity contribution in [2.45, 2.75) is 26.0 Å². The molecule has 3 nitrogen and oxygen atoms in total. The molecule has 2 amide bonds. The molecular weight excluding hydrogens is 258 g/mol. The summed E-state index contributed by atoms with van der Waals surface area (Å²) < 4.78 is 0. The Labute approximate surface area is 117 Å². The fourth-order valence-corrected chi connectivity index (χ4v) is 3.05. The van der Waals surface area contributed by atoms with Crippen molar-refractivity contribution in [2.75, 3.05) is 6.54 Å². The number of likely N-dealkylation sites (N-methyl/N-ethyl adjacent to an activating group) is 1. The van der Waals surface area contributed by atoms with Crippen LogP contribution in [0.1, 0.15) is 26.3 Å². The van der Waals surface area contributed by atoms with Gasteiger partial charge in [0.15, 0.2) is 0 Å². The Balaban J connectivity index is 2.52. The van der Waals surface area contributed by atoms with Crippen LogP contribution in [0.15, 0.2) is 35.2 Å². The predicted octanol–water partition coefficient (Wildman–Crippen LogP) is 2.93. The lowest BCUT2D eigenvalue weighted by Crippen LogP contribution is -2.31. The SMILES string of the molecule is CCN1C(=O)C(SC(C)C)=C(c2ccccc2)C1=O. The predicted molar refractivity (Wildman–Crippen MR) is 78.5 cm³/mol. The van der Waals surface area contributed by atoms with Crippen LogP contribution in [0.4, 0.5) is 0 Å². The summed E-state index contributed by atoms with van der Waals surface area (Å²) in [7, 11) is 0. The molecule has 1 aliphatic rings. The van der Waals surface area contributed by atoms with Gasteiger partial charge in [0.05, 0.1) is 10.5 Å². The van der Waals surface area contributed by atoms with E-state index in [-0.39, 0.29) is 17.1 Å². The molecule has 0 spiro atoms. The average molecular weight is 275 g/mol. The second-order valence-electron chi connectivity index (χ2n) is 4.59. The van der Waals surface area contributed by atoms with Crippen LogP contribution in [0.2, 0.25) is 0 Å². The van der Waals surface area contributed by atoms with Crippen molar-refractivity contribution in [3.8, 4) is 0 Å². The Morgan fingerprint density at radius 3 is 2.26 bits per heavy atom. The smallest absolute Gasteiger partial charge is 0.267 e. The minimum atomic E-state index is -0.179. The minimum absolute atomic E-state index is 0.162. The van der Waals surface area contributed by atoms with Crippen molar-refractivity contribution < 1.29 is 9.59 Å². The summed E-state index contributed by atoms with van der Waals surface area (Å²) in [6, 6.07) is 9.41. The molecule has 0 unspecified atom stereocenters. The number of benzene rings is 1. The number of hydrogen-bond acceptors (Lipinski definition) is 3. The van der Waals surface area contributed by atoms with Crippen LogP contribution in [0.5, 0.6) is 0 Å². The maximum Gasteiger partial charge on any atom is 0.267 e. The van der Waals surface area contributed by atoms with Gasteiger partial charge < -0.3 is 0 Å². The summed E-state index contributed by atoms with van der Waals surface area (Å²) in [5, 5.41) is 0.266. The molecule has 19 heavy (non-hydrogen) atoms. The molecule has 1 heterocycles. The van der Waals surface area contributed by atoms with Gasteiger partial charge in [-0.3, -0.25) is 14.5 Å². The highest BCUT2D eigenvalue weighted by Crippen LogP contribution is 2.37. The topological polar surface area (TPSA) is 37.4 Å². The van der Waals surface area contributed by atoms with E-state index in [1.165, 1.54) is 16.7 Å². The Morgan fingerprint density at radius 1 is 1.11 bits per heavy atom. The van der Waals surface area contributed by atoms with Crippen molar-refractivity contribution in [1.29, 1.82) is 0 Å². The first-order valence-electron chi connectivity index (χ1n) is 6.38. The maximum absolute atomic E-state index is 12.4. The van der Waals surface area contributed by atoms with Gasteiger partial charge in [0, 0.05) is 11.8 Å². The standard InChI is InChI=1S/C15H17NO2S/c1-4-16-14(17)12(11-8-6-5-7-9-11)13(15(16)18)19-10(2)3/h5-10H,4H2,1-3H3. The third-order valence-corrected chi connectivity index (χ3v) is 3.94. The van der Waals surface area contributed by atoms with E-state index < -0.39 is 0 Å². The normalized spacial score (nSPS) is 15.9. The van der Waals surface area contributed by atoms with E-state index in [0.29, 0.717) is 17.0 Å². The van der Waals surface area contributed by atoms with Crippen LogP contribution < -0.4 is 0 Å². The van der Waals surface area contributed by atoms with Crippen LogP contribution in [0.3, 0.4) is 0 Å². The van der Waals surface area contributed by atoms with Crippen LogP contribution >= 0.6 is 11.8 Å². The van der Waals surface area contributed by atoms with Gasteiger partial charge in [-0.15, -0.1) is 11.8 Å². The summed E-state index contributed by atoms with van der Waals surface area (Å²) in [6.07, 6.45) is 0. The van der Waals surface area contributed by atoms with Gasteiger partial charge >= 0.3 is 0 Å². The maximum atomic E-state index is 12.4. The molecular formula is C15H17NO2S. The van der Waals surface area contributed by atoms with E-state index in [9.17, 15) is 9.59 Å². The molecule has 0 bridgehead atoms. The quantitative estimate of drug-likeness (QED) is 0.793. The monoisotopic (exact) mass is 275 g/mol. The molecule has 1 aromatic carbocycles. The molecule has 0 radical (unpaired) electrons. The van der Waals surface area contributed by atoms with Crippen molar-refractivity contribution in [3.05, 3.63) is 40.8 Å². The summed E-state index contributed by atoms with van der Waals surface area (Å²) in [5.74, 6) is -0.341. The first-order valence-corrected chi connectivity index (χ1v) is 7.26. The first kappa shape index (κ1) is 13.9. The Kier molecular flexibility index (Phi) is 4.10. The highest BCUT2D eigenvalue weighted by atomic mass is 32.2. The molecule has 0 aliphatic carbocycles. The highest BCUT2D eigenvalue weighted by Gasteiger charge is 2.38. The summed E-state index contributed by atoms with van der Waals surface area (Å²) in [6.45, 7) is 6.27. The summed E-state index contributed by atoms with van der Waals surface area (Å²) in [5.41, 5.74) is 1.37. The van der Waals surface area contributed by atoms with Crippen LogP contribution in [0.25, 0.3) is 5.57 Å². The van der Waals surface area contributed by atoms with Crippen molar-refractivity contribution in [1.82, 2.24) is 4.90 Å². The molecule has 0 aromatic heterocycles. The van der Waals surface area contributed by atoms with Gasteiger partial charge in [0.1, 0.15) is 0 Å². The number of hydrogen-bond donors (Lipinski definition) is 0. The highest BCUT2D eigenvalue weighted by molar-refractivity contribution is 8.04. The lowest BCUT2D eigenvalue weighted by atomic mass is 10.1.